The van der Waals surface area contributed by atoms with Crippen molar-refractivity contribution in [2.45, 2.75) is 18.8 Å². The Hall–Kier alpha value is -1.21. The lowest BCUT2D eigenvalue weighted by Crippen LogP contribution is -2.14. The molecule has 0 spiro atoms. The van der Waals surface area contributed by atoms with E-state index in [1.165, 1.54) is 12.2 Å². The lowest BCUT2D eigenvalue weighted by molar-refractivity contribution is 0.657. The molecule has 1 aromatic heterocycles. The number of aromatic nitrogens is 1. The summed E-state index contributed by atoms with van der Waals surface area (Å²) in [7, 11) is 0. The van der Waals surface area contributed by atoms with Gasteiger partial charge in [0, 0.05) is 11.9 Å². The average molecular weight is 220 g/mol. The molecule has 2 heterocycles. The molecule has 1 unspecified atom stereocenters. The van der Waals surface area contributed by atoms with Crippen molar-refractivity contribution in [3.63, 3.8) is 0 Å². The van der Waals surface area contributed by atoms with Crippen LogP contribution >= 0.6 is 11.8 Å². The molecule has 15 heavy (non-hydrogen) atoms. The Bertz CT molecular complexity index is 441. The Morgan fingerprint density at radius 2 is 2.47 bits per heavy atom. The van der Waals surface area contributed by atoms with Gasteiger partial charge in [0.1, 0.15) is 11.6 Å². The number of H-pyrrole nitrogens is 1. The number of rotatable bonds is 1. The smallest absolute Gasteiger partial charge is 0.265 e. The Morgan fingerprint density at radius 1 is 1.60 bits per heavy atom. The van der Waals surface area contributed by atoms with Crippen molar-refractivity contribution >= 4 is 11.8 Å². The van der Waals surface area contributed by atoms with E-state index in [9.17, 15) is 4.79 Å². The van der Waals surface area contributed by atoms with Crippen LogP contribution in [0.4, 0.5) is 0 Å². The highest BCUT2D eigenvalue weighted by molar-refractivity contribution is 7.99. The van der Waals surface area contributed by atoms with Crippen molar-refractivity contribution in [2.24, 2.45) is 0 Å². The minimum absolute atomic E-state index is 0.225. The molecular formula is C11H12N2OS. The lowest BCUT2D eigenvalue weighted by atomic mass is 9.96. The molecule has 1 aromatic rings. The summed E-state index contributed by atoms with van der Waals surface area (Å²) in [5.74, 6) is 2.81. The minimum atomic E-state index is -0.287. The van der Waals surface area contributed by atoms with Crippen molar-refractivity contribution in [3.05, 3.63) is 33.7 Å². The molecule has 4 heteroatoms. The van der Waals surface area contributed by atoms with Crippen LogP contribution in [0.5, 0.6) is 0 Å². The van der Waals surface area contributed by atoms with Gasteiger partial charge >= 0.3 is 0 Å². The third kappa shape index (κ3) is 2.24. The molecule has 1 N–H and O–H groups in total. The molecule has 1 saturated heterocycles. The van der Waals surface area contributed by atoms with Gasteiger partial charge in [0.15, 0.2) is 0 Å². The van der Waals surface area contributed by atoms with E-state index in [1.54, 1.807) is 12.3 Å². The number of nitrogens with zero attached hydrogens (tertiary/aromatic N) is 1. The molecule has 2 rings (SSSR count). The van der Waals surface area contributed by atoms with Crippen LogP contribution in [-0.4, -0.2) is 16.5 Å². The normalized spacial score (nSPS) is 20.9. The van der Waals surface area contributed by atoms with Gasteiger partial charge in [-0.2, -0.15) is 17.0 Å². The molecule has 0 saturated carbocycles. The molecule has 0 aliphatic carbocycles. The van der Waals surface area contributed by atoms with Gasteiger partial charge in [-0.05, 0) is 36.1 Å². The van der Waals surface area contributed by atoms with Crippen molar-refractivity contribution in [3.8, 4) is 6.07 Å². The standard InChI is InChI=1S/C11H12N2OS/c12-5-9-4-10(6-13-11(9)14)8-2-1-3-15-7-8/h4,6,8H,1-3,7H2,(H,13,14). The topological polar surface area (TPSA) is 56.6 Å². The van der Waals surface area contributed by atoms with E-state index in [-0.39, 0.29) is 11.1 Å². The number of pyridine rings is 1. The summed E-state index contributed by atoms with van der Waals surface area (Å²) in [5, 5.41) is 8.77. The summed E-state index contributed by atoms with van der Waals surface area (Å²) >= 11 is 1.94. The van der Waals surface area contributed by atoms with Crippen LogP contribution in [0.1, 0.15) is 29.9 Å². The molecule has 1 aliphatic rings. The van der Waals surface area contributed by atoms with E-state index < -0.39 is 0 Å². The number of aromatic amines is 1. The van der Waals surface area contributed by atoms with E-state index in [2.05, 4.69) is 4.98 Å². The van der Waals surface area contributed by atoms with Crippen LogP contribution in [0, 0.1) is 11.3 Å². The predicted molar refractivity (Wildman–Crippen MR) is 61.1 cm³/mol. The maximum Gasteiger partial charge on any atom is 0.265 e. The van der Waals surface area contributed by atoms with Gasteiger partial charge in [0.25, 0.3) is 5.56 Å². The average Bonchev–Trinajstić information content (AvgIpc) is 2.31. The summed E-state index contributed by atoms with van der Waals surface area (Å²) in [6.45, 7) is 0. The first-order valence-corrected chi connectivity index (χ1v) is 6.17. The van der Waals surface area contributed by atoms with Gasteiger partial charge in [0.2, 0.25) is 0 Å². The summed E-state index contributed by atoms with van der Waals surface area (Å²) in [6.07, 6.45) is 4.12. The SMILES string of the molecule is N#Cc1cc(C2CCCSC2)c[nH]c1=O. The van der Waals surface area contributed by atoms with Crippen molar-refractivity contribution < 1.29 is 0 Å². The molecule has 0 aromatic carbocycles. The zero-order valence-corrected chi connectivity index (χ0v) is 9.14. The van der Waals surface area contributed by atoms with Crippen LogP contribution in [0.2, 0.25) is 0 Å². The number of thioether (sulfide) groups is 1. The van der Waals surface area contributed by atoms with Gasteiger partial charge in [-0.1, -0.05) is 0 Å². The van der Waals surface area contributed by atoms with Crippen LogP contribution in [0.25, 0.3) is 0 Å². The summed E-state index contributed by atoms with van der Waals surface area (Å²) in [6, 6.07) is 3.66. The Kier molecular flexibility index (Phi) is 3.12. The fraction of sp³-hybridized carbons (Fsp3) is 0.455. The van der Waals surface area contributed by atoms with Crippen molar-refractivity contribution in [2.75, 3.05) is 11.5 Å². The molecule has 0 amide bonds. The highest BCUT2D eigenvalue weighted by Gasteiger charge is 2.16. The van der Waals surface area contributed by atoms with Crippen LogP contribution in [0.3, 0.4) is 0 Å². The third-order valence-electron chi connectivity index (χ3n) is 2.68. The molecule has 1 aliphatic heterocycles. The first kappa shape index (κ1) is 10.3. The van der Waals surface area contributed by atoms with E-state index in [4.69, 9.17) is 5.26 Å². The fourth-order valence-electron chi connectivity index (χ4n) is 1.82. The largest absolute Gasteiger partial charge is 0.328 e. The maximum atomic E-state index is 11.2. The van der Waals surface area contributed by atoms with Gasteiger partial charge in [-0.25, -0.2) is 0 Å². The third-order valence-corrected chi connectivity index (χ3v) is 3.89. The van der Waals surface area contributed by atoms with Crippen molar-refractivity contribution in [1.29, 1.82) is 5.26 Å². The van der Waals surface area contributed by atoms with Gasteiger partial charge in [0.05, 0.1) is 0 Å². The van der Waals surface area contributed by atoms with Crippen molar-refractivity contribution in [1.82, 2.24) is 4.98 Å². The second-order valence-electron chi connectivity index (χ2n) is 3.70. The first-order valence-electron chi connectivity index (χ1n) is 5.01. The lowest BCUT2D eigenvalue weighted by Gasteiger charge is -2.21. The molecule has 3 nitrogen and oxygen atoms in total. The van der Waals surface area contributed by atoms with E-state index in [0.717, 1.165) is 17.7 Å². The van der Waals surface area contributed by atoms with E-state index in [1.807, 2.05) is 17.8 Å². The molecule has 0 radical (unpaired) electrons. The Labute approximate surface area is 92.5 Å². The highest BCUT2D eigenvalue weighted by atomic mass is 32.2. The van der Waals surface area contributed by atoms with Gasteiger partial charge in [-0.3, -0.25) is 4.79 Å². The molecule has 78 valence electrons. The molecular weight excluding hydrogens is 208 g/mol. The van der Waals surface area contributed by atoms with Gasteiger partial charge in [-0.15, -0.1) is 0 Å². The van der Waals surface area contributed by atoms with Crippen LogP contribution in [-0.2, 0) is 0 Å². The maximum absolute atomic E-state index is 11.2. The van der Waals surface area contributed by atoms with E-state index in [0.29, 0.717) is 5.92 Å². The zero-order chi connectivity index (χ0) is 10.7. The monoisotopic (exact) mass is 220 g/mol. The summed E-state index contributed by atoms with van der Waals surface area (Å²) < 4.78 is 0. The summed E-state index contributed by atoms with van der Waals surface area (Å²) in [4.78, 5) is 13.8. The molecule has 1 fully saturated rings. The van der Waals surface area contributed by atoms with Crippen LogP contribution < -0.4 is 5.56 Å². The number of hydrogen-bond acceptors (Lipinski definition) is 3. The Morgan fingerprint density at radius 3 is 3.13 bits per heavy atom. The molecule has 0 bridgehead atoms. The number of nitrogens with one attached hydrogen (secondary N) is 1. The number of hydrogen-bond donors (Lipinski definition) is 1. The molecule has 1 atom stereocenters. The first-order chi connectivity index (χ1) is 7.31. The highest BCUT2D eigenvalue weighted by Crippen LogP contribution is 2.30. The quantitative estimate of drug-likeness (QED) is 0.786. The zero-order valence-electron chi connectivity index (χ0n) is 8.32. The second kappa shape index (κ2) is 4.54. The summed E-state index contributed by atoms with van der Waals surface area (Å²) in [5.41, 5.74) is 1.03. The van der Waals surface area contributed by atoms with Gasteiger partial charge < -0.3 is 4.98 Å². The van der Waals surface area contributed by atoms with Crippen LogP contribution in [0.15, 0.2) is 17.1 Å². The fourth-order valence-corrected chi connectivity index (χ4v) is 3.00. The van der Waals surface area contributed by atoms with E-state index >= 15 is 0 Å². The minimum Gasteiger partial charge on any atom is -0.328 e. The predicted octanol–water partition coefficient (Wildman–Crippen LogP) is 1.86. The number of nitriles is 1. The Balaban J connectivity index is 2.29. The second-order valence-corrected chi connectivity index (χ2v) is 4.85.